The second-order valence-electron chi connectivity index (χ2n) is 4.36. The Hall–Kier alpha value is -2.27. The second-order valence-corrected chi connectivity index (χ2v) is 4.36. The van der Waals surface area contributed by atoms with Gasteiger partial charge in [-0.05, 0) is 36.8 Å². The summed E-state index contributed by atoms with van der Waals surface area (Å²) in [5.74, 6) is 0. The standard InChI is InChI=1S/C16H16N2/c1-13(15-10-8-14(12-17)9-11-15)18(2)16-6-4-3-5-7-16/h3-11,13H,1-2H3. The van der Waals surface area contributed by atoms with Crippen molar-refractivity contribution >= 4 is 5.69 Å². The predicted octanol–water partition coefficient (Wildman–Crippen LogP) is 3.76. The molecule has 18 heavy (non-hydrogen) atoms. The minimum Gasteiger partial charge on any atom is -0.368 e. The van der Waals surface area contributed by atoms with E-state index in [0.29, 0.717) is 5.56 Å². The van der Waals surface area contributed by atoms with E-state index < -0.39 is 0 Å². The van der Waals surface area contributed by atoms with Gasteiger partial charge in [0.25, 0.3) is 0 Å². The molecule has 0 saturated heterocycles. The SMILES string of the molecule is CC(c1ccc(C#N)cc1)N(C)c1ccccc1. The number of nitrogens with zero attached hydrogens (tertiary/aromatic N) is 2. The molecule has 2 rings (SSSR count). The third-order valence-corrected chi connectivity index (χ3v) is 3.27. The minimum atomic E-state index is 0.278. The van der Waals surface area contributed by atoms with E-state index in [1.54, 1.807) is 0 Å². The number of rotatable bonds is 3. The number of para-hydroxylation sites is 1. The van der Waals surface area contributed by atoms with E-state index in [-0.39, 0.29) is 6.04 Å². The molecule has 0 aliphatic carbocycles. The molecule has 0 amide bonds. The first-order valence-corrected chi connectivity index (χ1v) is 6.00. The van der Waals surface area contributed by atoms with Gasteiger partial charge in [-0.25, -0.2) is 0 Å². The zero-order chi connectivity index (χ0) is 13.0. The third-order valence-electron chi connectivity index (χ3n) is 3.27. The van der Waals surface area contributed by atoms with Crippen molar-refractivity contribution in [3.05, 3.63) is 65.7 Å². The Labute approximate surface area is 108 Å². The summed E-state index contributed by atoms with van der Waals surface area (Å²) in [6.07, 6.45) is 0. The zero-order valence-electron chi connectivity index (χ0n) is 10.7. The van der Waals surface area contributed by atoms with E-state index in [0.717, 1.165) is 0 Å². The molecular weight excluding hydrogens is 220 g/mol. The van der Waals surface area contributed by atoms with Crippen LogP contribution in [-0.2, 0) is 0 Å². The predicted molar refractivity (Wildman–Crippen MR) is 74.4 cm³/mol. The molecule has 0 spiro atoms. The van der Waals surface area contributed by atoms with Gasteiger partial charge in [0.05, 0.1) is 17.7 Å². The first-order chi connectivity index (χ1) is 8.72. The van der Waals surface area contributed by atoms with Crippen molar-refractivity contribution in [3.63, 3.8) is 0 Å². The maximum Gasteiger partial charge on any atom is 0.0991 e. The highest BCUT2D eigenvalue weighted by Crippen LogP contribution is 2.24. The number of nitriles is 1. The lowest BCUT2D eigenvalue weighted by atomic mass is 10.0. The molecular formula is C16H16N2. The van der Waals surface area contributed by atoms with Crippen molar-refractivity contribution in [2.75, 3.05) is 11.9 Å². The van der Waals surface area contributed by atoms with Crippen LogP contribution in [0.15, 0.2) is 54.6 Å². The highest BCUT2D eigenvalue weighted by molar-refractivity contribution is 5.48. The maximum atomic E-state index is 8.79. The van der Waals surface area contributed by atoms with Crippen molar-refractivity contribution in [2.45, 2.75) is 13.0 Å². The van der Waals surface area contributed by atoms with Gasteiger partial charge >= 0.3 is 0 Å². The lowest BCUT2D eigenvalue weighted by Gasteiger charge is -2.27. The molecule has 2 nitrogen and oxygen atoms in total. The highest BCUT2D eigenvalue weighted by Gasteiger charge is 2.11. The topological polar surface area (TPSA) is 27.0 Å². The smallest absolute Gasteiger partial charge is 0.0991 e. The van der Waals surface area contributed by atoms with E-state index in [4.69, 9.17) is 5.26 Å². The van der Waals surface area contributed by atoms with Gasteiger partial charge in [-0.15, -0.1) is 0 Å². The highest BCUT2D eigenvalue weighted by atomic mass is 15.1. The Kier molecular flexibility index (Phi) is 3.64. The Morgan fingerprint density at radius 1 is 1.00 bits per heavy atom. The largest absolute Gasteiger partial charge is 0.368 e. The molecule has 2 aromatic rings. The summed E-state index contributed by atoms with van der Waals surface area (Å²) in [6.45, 7) is 2.16. The maximum absolute atomic E-state index is 8.79. The van der Waals surface area contributed by atoms with Crippen LogP contribution in [0.3, 0.4) is 0 Å². The second kappa shape index (κ2) is 5.37. The van der Waals surface area contributed by atoms with E-state index >= 15 is 0 Å². The van der Waals surface area contributed by atoms with Crippen LogP contribution in [0.1, 0.15) is 24.1 Å². The van der Waals surface area contributed by atoms with Crippen molar-refractivity contribution in [1.29, 1.82) is 5.26 Å². The van der Waals surface area contributed by atoms with Crippen molar-refractivity contribution in [3.8, 4) is 6.07 Å². The molecule has 0 N–H and O–H groups in total. The lowest BCUT2D eigenvalue weighted by Crippen LogP contribution is -2.21. The van der Waals surface area contributed by atoms with Crippen molar-refractivity contribution in [2.24, 2.45) is 0 Å². The van der Waals surface area contributed by atoms with Gasteiger partial charge in [0, 0.05) is 12.7 Å². The molecule has 0 bridgehead atoms. The van der Waals surface area contributed by atoms with E-state index in [1.807, 2.05) is 42.5 Å². The van der Waals surface area contributed by atoms with Crippen molar-refractivity contribution < 1.29 is 0 Å². The summed E-state index contributed by atoms with van der Waals surface area (Å²) in [6, 6.07) is 20.5. The van der Waals surface area contributed by atoms with Gasteiger partial charge in [0.15, 0.2) is 0 Å². The number of benzene rings is 2. The molecule has 0 radical (unpaired) electrons. The molecule has 0 heterocycles. The fraction of sp³-hybridized carbons (Fsp3) is 0.188. The first kappa shape index (κ1) is 12.2. The fourth-order valence-corrected chi connectivity index (χ4v) is 1.95. The van der Waals surface area contributed by atoms with Crippen LogP contribution < -0.4 is 4.90 Å². The number of hydrogen-bond acceptors (Lipinski definition) is 2. The molecule has 2 heteroatoms. The van der Waals surface area contributed by atoms with E-state index in [9.17, 15) is 0 Å². The number of anilines is 1. The molecule has 2 aromatic carbocycles. The quantitative estimate of drug-likeness (QED) is 0.811. The molecule has 0 aliphatic heterocycles. The van der Waals surface area contributed by atoms with Crippen LogP contribution in [0.5, 0.6) is 0 Å². The molecule has 0 saturated carbocycles. The van der Waals surface area contributed by atoms with Crippen LogP contribution in [0.25, 0.3) is 0 Å². The average molecular weight is 236 g/mol. The summed E-state index contributed by atoms with van der Waals surface area (Å²) in [7, 11) is 2.08. The Morgan fingerprint density at radius 2 is 1.61 bits per heavy atom. The lowest BCUT2D eigenvalue weighted by molar-refractivity contribution is 0.740. The summed E-state index contributed by atoms with van der Waals surface area (Å²) in [4.78, 5) is 2.22. The van der Waals surface area contributed by atoms with Crippen LogP contribution in [0.2, 0.25) is 0 Å². The minimum absolute atomic E-state index is 0.278. The monoisotopic (exact) mass is 236 g/mol. The summed E-state index contributed by atoms with van der Waals surface area (Å²) >= 11 is 0. The number of hydrogen-bond donors (Lipinski definition) is 0. The average Bonchev–Trinajstić information content (AvgIpc) is 2.47. The van der Waals surface area contributed by atoms with E-state index in [2.05, 4.69) is 37.1 Å². The third kappa shape index (κ3) is 2.52. The summed E-state index contributed by atoms with van der Waals surface area (Å²) in [5, 5.41) is 8.79. The van der Waals surface area contributed by atoms with Gasteiger partial charge < -0.3 is 4.90 Å². The molecule has 1 unspecified atom stereocenters. The molecule has 0 fully saturated rings. The van der Waals surface area contributed by atoms with Gasteiger partial charge in [-0.1, -0.05) is 30.3 Å². The van der Waals surface area contributed by atoms with Crippen LogP contribution in [-0.4, -0.2) is 7.05 Å². The van der Waals surface area contributed by atoms with E-state index in [1.165, 1.54) is 11.3 Å². The zero-order valence-corrected chi connectivity index (χ0v) is 10.7. The molecule has 0 aliphatic rings. The van der Waals surface area contributed by atoms with Gasteiger partial charge in [0.1, 0.15) is 0 Å². The Balaban J connectivity index is 2.20. The molecule has 90 valence electrons. The van der Waals surface area contributed by atoms with Gasteiger partial charge in [0.2, 0.25) is 0 Å². The van der Waals surface area contributed by atoms with Crippen molar-refractivity contribution in [1.82, 2.24) is 0 Å². The molecule has 1 atom stereocenters. The Bertz CT molecular complexity index is 538. The van der Waals surface area contributed by atoms with Gasteiger partial charge in [-0.2, -0.15) is 5.26 Å². The first-order valence-electron chi connectivity index (χ1n) is 6.00. The van der Waals surface area contributed by atoms with Crippen LogP contribution >= 0.6 is 0 Å². The normalized spacial score (nSPS) is 11.6. The summed E-state index contributed by atoms with van der Waals surface area (Å²) < 4.78 is 0. The summed E-state index contributed by atoms with van der Waals surface area (Å²) in [5.41, 5.74) is 3.10. The van der Waals surface area contributed by atoms with Gasteiger partial charge in [-0.3, -0.25) is 0 Å². The Morgan fingerprint density at radius 3 is 2.17 bits per heavy atom. The molecule has 0 aromatic heterocycles. The van der Waals surface area contributed by atoms with Crippen LogP contribution in [0, 0.1) is 11.3 Å². The van der Waals surface area contributed by atoms with Crippen LogP contribution in [0.4, 0.5) is 5.69 Å². The fourth-order valence-electron chi connectivity index (χ4n) is 1.95.